The Bertz CT molecular complexity index is 1220. The number of carbonyl (C=O) groups is 2. The molecule has 0 spiro atoms. The number of nitrogens with one attached hydrogen (secondary N) is 3. The highest BCUT2D eigenvalue weighted by molar-refractivity contribution is 7.92. The van der Waals surface area contributed by atoms with Gasteiger partial charge in [0.15, 0.2) is 0 Å². The minimum Gasteiger partial charge on any atom is -0.481 e. The van der Waals surface area contributed by atoms with Gasteiger partial charge in [0, 0.05) is 5.69 Å². The highest BCUT2D eigenvalue weighted by atomic mass is 32.2. The van der Waals surface area contributed by atoms with Crippen LogP contribution in [0.25, 0.3) is 0 Å². The zero-order valence-corrected chi connectivity index (χ0v) is 18.8. The van der Waals surface area contributed by atoms with E-state index in [-0.39, 0.29) is 23.4 Å². The number of anilines is 2. The van der Waals surface area contributed by atoms with Gasteiger partial charge in [-0.2, -0.15) is 9.97 Å². The molecule has 0 aliphatic carbocycles. The van der Waals surface area contributed by atoms with Crippen molar-refractivity contribution in [2.75, 3.05) is 37.6 Å². The number of hydrogen-bond donors (Lipinski definition) is 3. The summed E-state index contributed by atoms with van der Waals surface area (Å²) in [6, 6.07) is 3.08. The maximum atomic E-state index is 12.8. The quantitative estimate of drug-likeness (QED) is 0.428. The van der Waals surface area contributed by atoms with Gasteiger partial charge in [0.1, 0.15) is 4.90 Å². The van der Waals surface area contributed by atoms with Crippen LogP contribution in [0.1, 0.15) is 10.4 Å². The molecule has 2 rings (SSSR count). The summed E-state index contributed by atoms with van der Waals surface area (Å²) in [7, 11) is -4.81. The molecule has 0 unspecified atom stereocenters. The summed E-state index contributed by atoms with van der Waals surface area (Å²) in [5, 5.41) is 2.09. The molecule has 0 fully saturated rings. The van der Waals surface area contributed by atoms with Crippen molar-refractivity contribution < 1.29 is 40.6 Å². The lowest BCUT2D eigenvalue weighted by molar-refractivity contribution is 0.0596. The molecule has 16 heteroatoms. The first-order valence-corrected chi connectivity index (χ1v) is 11.8. The Morgan fingerprint density at radius 2 is 1.53 bits per heavy atom. The standard InChI is InChI=1S/C16H19N5O9S2/c1-28-12-8-13(29-2)18-15(17-12)19-16(23)21-32(26,27)11-7-9(20-31(4,24)25)5-6-10(11)14(22)30-3/h5-8,20H,1-4H3,(H2,17,18,19,21,23). The average molecular weight is 489 g/mol. The molecular formula is C16H19N5O9S2. The Labute approximate surface area is 183 Å². The lowest BCUT2D eigenvalue weighted by atomic mass is 10.2. The summed E-state index contributed by atoms with van der Waals surface area (Å²) in [4.78, 5) is 31.2. The molecule has 3 N–H and O–H groups in total. The predicted octanol–water partition coefficient (Wildman–Crippen LogP) is 0.162. The topological polar surface area (TPSA) is 192 Å². The number of benzene rings is 1. The summed E-state index contributed by atoms with van der Waals surface area (Å²) in [5.74, 6) is -1.31. The van der Waals surface area contributed by atoms with E-state index in [0.717, 1.165) is 31.6 Å². The third-order valence-corrected chi connectivity index (χ3v) is 5.51. The van der Waals surface area contributed by atoms with Gasteiger partial charge in [-0.15, -0.1) is 0 Å². The van der Waals surface area contributed by atoms with Crippen molar-refractivity contribution in [2.45, 2.75) is 4.90 Å². The van der Waals surface area contributed by atoms with Crippen LogP contribution in [-0.2, 0) is 24.8 Å². The van der Waals surface area contributed by atoms with Gasteiger partial charge in [-0.25, -0.2) is 31.1 Å². The monoisotopic (exact) mass is 489 g/mol. The highest BCUT2D eigenvalue weighted by Gasteiger charge is 2.26. The molecule has 2 aromatic rings. The molecule has 1 heterocycles. The van der Waals surface area contributed by atoms with E-state index in [4.69, 9.17) is 9.47 Å². The van der Waals surface area contributed by atoms with Gasteiger partial charge in [-0.05, 0) is 18.2 Å². The molecule has 0 aliphatic rings. The summed E-state index contributed by atoms with van der Waals surface area (Å²) < 4.78 is 66.7. The maximum absolute atomic E-state index is 12.8. The van der Waals surface area contributed by atoms with E-state index in [1.54, 1.807) is 4.72 Å². The van der Waals surface area contributed by atoms with Crippen LogP contribution in [0.2, 0.25) is 0 Å². The first kappa shape index (κ1) is 24.6. The molecule has 1 aromatic heterocycles. The van der Waals surface area contributed by atoms with Crippen LogP contribution in [0, 0.1) is 0 Å². The van der Waals surface area contributed by atoms with E-state index in [2.05, 4.69) is 24.7 Å². The molecule has 0 atom stereocenters. The third-order valence-electron chi connectivity index (χ3n) is 3.53. The minimum atomic E-state index is -4.69. The number of aromatic nitrogens is 2. The zero-order valence-electron chi connectivity index (χ0n) is 17.2. The zero-order chi connectivity index (χ0) is 24.1. The summed E-state index contributed by atoms with van der Waals surface area (Å²) in [6.07, 6.45) is 0.851. The second kappa shape index (κ2) is 9.65. The van der Waals surface area contributed by atoms with Gasteiger partial charge in [0.2, 0.25) is 27.7 Å². The highest BCUT2D eigenvalue weighted by Crippen LogP contribution is 2.23. The number of ether oxygens (including phenoxy) is 3. The number of sulfonamides is 2. The smallest absolute Gasteiger partial charge is 0.339 e. The van der Waals surface area contributed by atoms with Crippen LogP contribution in [0.3, 0.4) is 0 Å². The van der Waals surface area contributed by atoms with Gasteiger partial charge in [0.05, 0.1) is 39.2 Å². The fraction of sp³-hybridized carbons (Fsp3) is 0.250. The second-order valence-electron chi connectivity index (χ2n) is 5.91. The van der Waals surface area contributed by atoms with Gasteiger partial charge < -0.3 is 14.2 Å². The Balaban J connectivity index is 2.38. The number of urea groups is 1. The largest absolute Gasteiger partial charge is 0.481 e. The van der Waals surface area contributed by atoms with Gasteiger partial charge >= 0.3 is 12.0 Å². The van der Waals surface area contributed by atoms with Gasteiger partial charge in [0.25, 0.3) is 10.0 Å². The van der Waals surface area contributed by atoms with Crippen molar-refractivity contribution in [3.63, 3.8) is 0 Å². The first-order chi connectivity index (χ1) is 14.9. The van der Waals surface area contributed by atoms with E-state index < -0.39 is 42.5 Å². The van der Waals surface area contributed by atoms with Crippen LogP contribution in [-0.4, -0.2) is 66.4 Å². The molecule has 32 heavy (non-hydrogen) atoms. The average Bonchev–Trinajstić information content (AvgIpc) is 2.71. The summed E-state index contributed by atoms with van der Waals surface area (Å²) in [5.41, 5.74) is -0.604. The molecular weight excluding hydrogens is 470 g/mol. The van der Waals surface area contributed by atoms with E-state index in [1.165, 1.54) is 20.3 Å². The molecule has 0 radical (unpaired) electrons. The lowest BCUT2D eigenvalue weighted by Crippen LogP contribution is -2.35. The van der Waals surface area contributed by atoms with Crippen molar-refractivity contribution >= 4 is 43.7 Å². The number of hydrogen-bond acceptors (Lipinski definition) is 11. The fourth-order valence-electron chi connectivity index (χ4n) is 2.27. The molecule has 0 saturated heterocycles. The Morgan fingerprint density at radius 1 is 0.938 bits per heavy atom. The molecule has 174 valence electrons. The number of nitrogens with zero attached hydrogens (tertiary/aromatic N) is 2. The molecule has 0 bridgehead atoms. The van der Waals surface area contributed by atoms with Crippen LogP contribution in [0.5, 0.6) is 11.8 Å². The summed E-state index contributed by atoms with van der Waals surface area (Å²) >= 11 is 0. The Kier molecular flexibility index (Phi) is 7.42. The van der Waals surface area contributed by atoms with Crippen molar-refractivity contribution in [2.24, 2.45) is 0 Å². The molecule has 0 aliphatic heterocycles. The first-order valence-electron chi connectivity index (χ1n) is 8.39. The molecule has 1 aromatic carbocycles. The number of amides is 2. The Hall–Kier alpha value is -3.66. The third kappa shape index (κ3) is 6.42. The predicted molar refractivity (Wildman–Crippen MR) is 111 cm³/mol. The maximum Gasteiger partial charge on any atom is 0.339 e. The second-order valence-corrected chi connectivity index (χ2v) is 9.31. The summed E-state index contributed by atoms with van der Waals surface area (Å²) in [6.45, 7) is 0. The van der Waals surface area contributed by atoms with Crippen LogP contribution < -0.4 is 24.2 Å². The SMILES string of the molecule is COC(=O)c1ccc(NS(C)(=O)=O)cc1S(=O)(=O)NC(=O)Nc1nc(OC)cc(OC)n1. The van der Waals surface area contributed by atoms with Crippen molar-refractivity contribution in [1.82, 2.24) is 14.7 Å². The number of esters is 1. The van der Waals surface area contributed by atoms with E-state index in [1.807, 2.05) is 0 Å². The van der Waals surface area contributed by atoms with E-state index in [0.29, 0.717) is 0 Å². The van der Waals surface area contributed by atoms with Crippen molar-refractivity contribution in [3.8, 4) is 11.8 Å². The molecule has 2 amide bonds. The van der Waals surface area contributed by atoms with Crippen LogP contribution >= 0.6 is 0 Å². The van der Waals surface area contributed by atoms with Gasteiger partial charge in [-0.1, -0.05) is 0 Å². The van der Waals surface area contributed by atoms with Crippen LogP contribution in [0.15, 0.2) is 29.2 Å². The van der Waals surface area contributed by atoms with E-state index >= 15 is 0 Å². The fourth-order valence-corrected chi connectivity index (χ4v) is 3.96. The van der Waals surface area contributed by atoms with Crippen molar-refractivity contribution in [3.05, 3.63) is 29.8 Å². The Morgan fingerprint density at radius 3 is 2.03 bits per heavy atom. The van der Waals surface area contributed by atoms with E-state index in [9.17, 15) is 26.4 Å². The molecule has 14 nitrogen and oxygen atoms in total. The normalized spacial score (nSPS) is 11.2. The number of methoxy groups -OCH3 is 3. The lowest BCUT2D eigenvalue weighted by Gasteiger charge is -2.13. The molecule has 0 saturated carbocycles. The van der Waals surface area contributed by atoms with Crippen LogP contribution in [0.4, 0.5) is 16.4 Å². The van der Waals surface area contributed by atoms with Crippen molar-refractivity contribution in [1.29, 1.82) is 0 Å². The minimum absolute atomic E-state index is 0.0301. The number of carbonyl (C=O) groups excluding carboxylic acids is 2. The van der Waals surface area contributed by atoms with Gasteiger partial charge in [-0.3, -0.25) is 10.0 Å². The number of rotatable bonds is 8.